The Balaban J connectivity index is 0.00000196. The van der Waals surface area contributed by atoms with E-state index in [-0.39, 0.29) is 19.0 Å². The SMILES string of the molecule is Cl.NC(O)C(=O)COc1ccccc1Br. The molecule has 0 aliphatic rings. The summed E-state index contributed by atoms with van der Waals surface area (Å²) in [7, 11) is 0. The minimum Gasteiger partial charge on any atom is -0.484 e. The zero-order chi connectivity index (χ0) is 10.6. The van der Waals surface area contributed by atoms with E-state index < -0.39 is 12.0 Å². The molecule has 84 valence electrons. The number of hydrogen-bond donors (Lipinski definition) is 2. The van der Waals surface area contributed by atoms with E-state index in [4.69, 9.17) is 15.6 Å². The van der Waals surface area contributed by atoms with Crippen LogP contribution in [0.15, 0.2) is 28.7 Å². The predicted octanol–water partition coefficient (Wildman–Crippen LogP) is 1.10. The van der Waals surface area contributed by atoms with Crippen LogP contribution in [-0.2, 0) is 4.79 Å². The van der Waals surface area contributed by atoms with Gasteiger partial charge in [0.05, 0.1) is 4.47 Å². The molecule has 0 spiro atoms. The molecule has 0 fully saturated rings. The second-order valence-corrected chi connectivity index (χ2v) is 3.48. The number of hydrogen-bond acceptors (Lipinski definition) is 4. The summed E-state index contributed by atoms with van der Waals surface area (Å²) in [6.45, 7) is -0.236. The standard InChI is InChI=1S/C9H10BrNO3.ClH/c10-6-3-1-2-4-8(6)14-5-7(12)9(11)13;/h1-4,9,13H,5,11H2;1H. The first-order valence-corrected chi connectivity index (χ1v) is 4.74. The number of ether oxygens (including phenoxy) is 1. The zero-order valence-electron chi connectivity index (χ0n) is 7.72. The summed E-state index contributed by atoms with van der Waals surface area (Å²) in [5.41, 5.74) is 4.95. The Kier molecular flexibility index (Phi) is 6.51. The van der Waals surface area contributed by atoms with Crippen LogP contribution in [0.2, 0.25) is 0 Å². The molecule has 0 aliphatic carbocycles. The van der Waals surface area contributed by atoms with Gasteiger partial charge in [0.2, 0.25) is 5.78 Å². The topological polar surface area (TPSA) is 72.5 Å². The van der Waals surface area contributed by atoms with Crippen LogP contribution >= 0.6 is 28.3 Å². The molecule has 1 unspecified atom stereocenters. The normalized spacial score (nSPS) is 11.4. The number of benzene rings is 1. The van der Waals surface area contributed by atoms with Crippen molar-refractivity contribution in [2.75, 3.05) is 6.61 Å². The largest absolute Gasteiger partial charge is 0.484 e. The van der Waals surface area contributed by atoms with Crippen molar-refractivity contribution in [3.63, 3.8) is 0 Å². The van der Waals surface area contributed by atoms with Crippen LogP contribution in [0, 0.1) is 0 Å². The van der Waals surface area contributed by atoms with Crippen molar-refractivity contribution in [2.45, 2.75) is 6.23 Å². The Morgan fingerprint density at radius 1 is 1.53 bits per heavy atom. The molecule has 15 heavy (non-hydrogen) atoms. The van der Waals surface area contributed by atoms with Gasteiger partial charge in [-0.1, -0.05) is 12.1 Å². The second kappa shape index (κ2) is 6.79. The lowest BCUT2D eigenvalue weighted by molar-refractivity contribution is -0.128. The van der Waals surface area contributed by atoms with Crippen molar-refractivity contribution < 1.29 is 14.6 Å². The van der Waals surface area contributed by atoms with Gasteiger partial charge in [-0.3, -0.25) is 10.5 Å². The van der Waals surface area contributed by atoms with Crippen LogP contribution in [0.25, 0.3) is 0 Å². The molecular formula is C9H11BrClNO3. The molecule has 0 radical (unpaired) electrons. The van der Waals surface area contributed by atoms with Gasteiger partial charge in [0.25, 0.3) is 0 Å². The van der Waals surface area contributed by atoms with Crippen molar-refractivity contribution in [3.05, 3.63) is 28.7 Å². The molecule has 1 aromatic rings. The van der Waals surface area contributed by atoms with Crippen LogP contribution in [0.1, 0.15) is 0 Å². The molecule has 0 heterocycles. The monoisotopic (exact) mass is 295 g/mol. The molecule has 0 saturated heterocycles. The summed E-state index contributed by atoms with van der Waals surface area (Å²) in [5.74, 6) is -0.0118. The molecule has 6 heteroatoms. The number of aliphatic hydroxyl groups is 1. The first-order chi connectivity index (χ1) is 6.61. The van der Waals surface area contributed by atoms with Crippen LogP contribution in [0.5, 0.6) is 5.75 Å². The number of Topliss-reactive ketones (excluding diaryl/α,β-unsaturated/α-hetero) is 1. The maximum absolute atomic E-state index is 10.9. The Bertz CT molecular complexity index is 333. The van der Waals surface area contributed by atoms with Gasteiger partial charge in [-0.15, -0.1) is 12.4 Å². The molecule has 3 N–H and O–H groups in total. The quantitative estimate of drug-likeness (QED) is 0.816. The van der Waals surface area contributed by atoms with Crippen LogP contribution in [0.3, 0.4) is 0 Å². The fraction of sp³-hybridized carbons (Fsp3) is 0.222. The van der Waals surface area contributed by atoms with Gasteiger partial charge in [-0.05, 0) is 28.1 Å². The number of nitrogens with two attached hydrogens (primary N) is 1. The molecule has 1 atom stereocenters. The third-order valence-corrected chi connectivity index (χ3v) is 2.19. The predicted molar refractivity (Wildman–Crippen MR) is 62.1 cm³/mol. The molecule has 0 bridgehead atoms. The number of aliphatic hydroxyl groups excluding tert-OH is 1. The highest BCUT2D eigenvalue weighted by atomic mass is 79.9. The van der Waals surface area contributed by atoms with Crippen molar-refractivity contribution in [1.29, 1.82) is 0 Å². The number of halogens is 2. The van der Waals surface area contributed by atoms with Gasteiger partial charge in [-0.2, -0.15) is 0 Å². The fourth-order valence-electron chi connectivity index (χ4n) is 0.796. The average Bonchev–Trinajstić information content (AvgIpc) is 2.16. The second-order valence-electron chi connectivity index (χ2n) is 2.63. The molecular weight excluding hydrogens is 285 g/mol. The Morgan fingerprint density at radius 2 is 2.13 bits per heavy atom. The average molecular weight is 297 g/mol. The Labute approximate surface area is 102 Å². The molecule has 0 amide bonds. The van der Waals surface area contributed by atoms with Gasteiger partial charge in [0.1, 0.15) is 5.75 Å². The number of para-hydroxylation sites is 1. The first kappa shape index (κ1) is 14.4. The van der Waals surface area contributed by atoms with E-state index in [2.05, 4.69) is 15.9 Å². The molecule has 1 aromatic carbocycles. The molecule has 4 nitrogen and oxygen atoms in total. The Hall–Kier alpha value is -0.620. The maximum atomic E-state index is 10.9. The van der Waals surface area contributed by atoms with Crippen molar-refractivity contribution >= 4 is 34.1 Å². The van der Waals surface area contributed by atoms with E-state index in [1.54, 1.807) is 18.2 Å². The minimum absolute atomic E-state index is 0. The van der Waals surface area contributed by atoms with E-state index in [0.29, 0.717) is 5.75 Å². The smallest absolute Gasteiger partial charge is 0.213 e. The number of rotatable bonds is 4. The van der Waals surface area contributed by atoms with Crippen LogP contribution in [0.4, 0.5) is 0 Å². The summed E-state index contributed by atoms with van der Waals surface area (Å²) >= 11 is 3.25. The summed E-state index contributed by atoms with van der Waals surface area (Å²) < 4.78 is 5.87. The summed E-state index contributed by atoms with van der Waals surface area (Å²) in [6, 6.07) is 7.11. The molecule has 0 aliphatic heterocycles. The lowest BCUT2D eigenvalue weighted by Crippen LogP contribution is -2.33. The van der Waals surface area contributed by atoms with Crippen molar-refractivity contribution in [2.24, 2.45) is 5.73 Å². The van der Waals surface area contributed by atoms with Crippen molar-refractivity contribution in [3.8, 4) is 5.75 Å². The number of carbonyl (C=O) groups is 1. The van der Waals surface area contributed by atoms with Gasteiger partial charge < -0.3 is 9.84 Å². The highest BCUT2D eigenvalue weighted by molar-refractivity contribution is 9.10. The summed E-state index contributed by atoms with van der Waals surface area (Å²) in [4.78, 5) is 10.9. The Morgan fingerprint density at radius 3 is 2.67 bits per heavy atom. The van der Waals surface area contributed by atoms with E-state index in [1.807, 2.05) is 6.07 Å². The first-order valence-electron chi connectivity index (χ1n) is 3.95. The fourth-order valence-corrected chi connectivity index (χ4v) is 1.20. The lowest BCUT2D eigenvalue weighted by Gasteiger charge is -2.07. The number of ketones is 1. The lowest BCUT2D eigenvalue weighted by atomic mass is 10.3. The van der Waals surface area contributed by atoms with Crippen LogP contribution in [-0.4, -0.2) is 23.7 Å². The van der Waals surface area contributed by atoms with Crippen molar-refractivity contribution in [1.82, 2.24) is 0 Å². The zero-order valence-corrected chi connectivity index (χ0v) is 10.1. The molecule has 1 rings (SSSR count). The number of carbonyl (C=O) groups excluding carboxylic acids is 1. The third kappa shape index (κ3) is 4.61. The van der Waals surface area contributed by atoms with Gasteiger partial charge in [-0.25, -0.2) is 0 Å². The maximum Gasteiger partial charge on any atom is 0.213 e. The summed E-state index contributed by atoms with van der Waals surface area (Å²) in [5, 5.41) is 8.70. The third-order valence-electron chi connectivity index (χ3n) is 1.54. The van der Waals surface area contributed by atoms with Crippen LogP contribution < -0.4 is 10.5 Å². The van der Waals surface area contributed by atoms with Gasteiger partial charge >= 0.3 is 0 Å². The molecule has 0 aromatic heterocycles. The van der Waals surface area contributed by atoms with E-state index >= 15 is 0 Å². The van der Waals surface area contributed by atoms with E-state index in [9.17, 15) is 4.79 Å². The minimum atomic E-state index is -1.47. The van der Waals surface area contributed by atoms with Gasteiger partial charge in [0, 0.05) is 0 Å². The van der Waals surface area contributed by atoms with Gasteiger partial charge in [0.15, 0.2) is 12.8 Å². The highest BCUT2D eigenvalue weighted by Gasteiger charge is 2.10. The molecule has 0 saturated carbocycles. The van der Waals surface area contributed by atoms with E-state index in [1.165, 1.54) is 0 Å². The summed E-state index contributed by atoms with van der Waals surface area (Å²) in [6.07, 6.45) is -1.47. The van der Waals surface area contributed by atoms with E-state index in [0.717, 1.165) is 4.47 Å². The highest BCUT2D eigenvalue weighted by Crippen LogP contribution is 2.23.